The van der Waals surface area contributed by atoms with Crippen LogP contribution in [0.2, 0.25) is 0 Å². The number of nitrogens with one attached hydrogen (secondary N) is 1. The summed E-state index contributed by atoms with van der Waals surface area (Å²) in [5, 5.41) is 13.5. The van der Waals surface area contributed by atoms with Crippen LogP contribution in [0.25, 0.3) is 0 Å². The lowest BCUT2D eigenvalue weighted by Crippen LogP contribution is -2.28. The van der Waals surface area contributed by atoms with Crippen molar-refractivity contribution in [3.63, 3.8) is 0 Å². The molecule has 3 heteroatoms. The van der Waals surface area contributed by atoms with Crippen LogP contribution in [0.3, 0.4) is 0 Å². The van der Waals surface area contributed by atoms with E-state index in [1.165, 1.54) is 12.8 Å². The van der Waals surface area contributed by atoms with Crippen molar-refractivity contribution >= 4 is 0 Å². The van der Waals surface area contributed by atoms with E-state index in [0.29, 0.717) is 11.7 Å². The summed E-state index contributed by atoms with van der Waals surface area (Å²) in [7, 11) is 1.63. The Morgan fingerprint density at radius 3 is 2.71 bits per heavy atom. The molecule has 0 unspecified atom stereocenters. The summed E-state index contributed by atoms with van der Waals surface area (Å²) < 4.78 is 5.20. The molecule has 0 radical (unpaired) electrons. The van der Waals surface area contributed by atoms with Gasteiger partial charge < -0.3 is 15.2 Å². The average molecular weight is 235 g/mol. The van der Waals surface area contributed by atoms with Gasteiger partial charge in [-0.25, -0.2) is 0 Å². The SMILES string of the molecule is COc1ccc(CC2CCNCC2)c(O)c1C. The van der Waals surface area contributed by atoms with Crippen LogP contribution in [0, 0.1) is 12.8 Å². The molecule has 1 aromatic carbocycles. The van der Waals surface area contributed by atoms with E-state index in [1.807, 2.05) is 19.1 Å². The summed E-state index contributed by atoms with van der Waals surface area (Å²) in [4.78, 5) is 0. The number of ether oxygens (including phenoxy) is 1. The molecule has 0 aliphatic carbocycles. The number of phenolic OH excluding ortho intramolecular Hbond substituents is 1. The standard InChI is InChI=1S/C14H21NO2/c1-10-13(17-2)4-3-12(14(10)16)9-11-5-7-15-8-6-11/h3-4,11,15-16H,5-9H2,1-2H3. The first-order chi connectivity index (χ1) is 8.22. The lowest BCUT2D eigenvalue weighted by molar-refractivity contribution is 0.363. The summed E-state index contributed by atoms with van der Waals surface area (Å²) in [6.45, 7) is 4.10. The minimum atomic E-state index is 0.405. The largest absolute Gasteiger partial charge is 0.507 e. The molecule has 3 nitrogen and oxygen atoms in total. The van der Waals surface area contributed by atoms with Crippen molar-refractivity contribution in [2.24, 2.45) is 5.92 Å². The molecule has 17 heavy (non-hydrogen) atoms. The zero-order chi connectivity index (χ0) is 12.3. The smallest absolute Gasteiger partial charge is 0.125 e. The summed E-state index contributed by atoms with van der Waals surface area (Å²) in [6, 6.07) is 3.94. The normalized spacial score (nSPS) is 17.1. The van der Waals surface area contributed by atoms with Crippen LogP contribution < -0.4 is 10.1 Å². The van der Waals surface area contributed by atoms with Gasteiger partial charge in [-0.1, -0.05) is 6.07 Å². The molecule has 0 saturated carbocycles. The second-order valence-corrected chi connectivity index (χ2v) is 4.80. The lowest BCUT2D eigenvalue weighted by Gasteiger charge is -2.23. The van der Waals surface area contributed by atoms with Crippen molar-refractivity contribution < 1.29 is 9.84 Å². The molecule has 1 fully saturated rings. The quantitative estimate of drug-likeness (QED) is 0.844. The van der Waals surface area contributed by atoms with Crippen LogP contribution in [0.15, 0.2) is 12.1 Å². The molecule has 1 heterocycles. The molecule has 2 rings (SSSR count). The predicted octanol–water partition coefficient (Wildman–Crippen LogP) is 2.25. The Balaban J connectivity index is 2.12. The first kappa shape index (κ1) is 12.2. The van der Waals surface area contributed by atoms with Crippen LogP contribution in [0.5, 0.6) is 11.5 Å². The fraction of sp³-hybridized carbons (Fsp3) is 0.571. The van der Waals surface area contributed by atoms with E-state index < -0.39 is 0 Å². The summed E-state index contributed by atoms with van der Waals surface area (Å²) in [6.07, 6.45) is 3.37. The lowest BCUT2D eigenvalue weighted by atomic mass is 9.90. The fourth-order valence-corrected chi connectivity index (χ4v) is 2.52. The first-order valence-corrected chi connectivity index (χ1v) is 6.28. The van der Waals surface area contributed by atoms with Gasteiger partial charge in [0.1, 0.15) is 11.5 Å². The highest BCUT2D eigenvalue weighted by atomic mass is 16.5. The predicted molar refractivity (Wildman–Crippen MR) is 68.7 cm³/mol. The van der Waals surface area contributed by atoms with E-state index >= 15 is 0 Å². The molecule has 1 aliphatic heterocycles. The van der Waals surface area contributed by atoms with Crippen LogP contribution >= 0.6 is 0 Å². The van der Waals surface area contributed by atoms with Crippen molar-refractivity contribution in [1.29, 1.82) is 0 Å². The van der Waals surface area contributed by atoms with E-state index in [4.69, 9.17) is 4.74 Å². The number of hydrogen-bond acceptors (Lipinski definition) is 3. The molecular formula is C14H21NO2. The van der Waals surface area contributed by atoms with Crippen LogP contribution in [0.4, 0.5) is 0 Å². The van der Waals surface area contributed by atoms with Gasteiger partial charge in [0.2, 0.25) is 0 Å². The average Bonchev–Trinajstić information content (AvgIpc) is 2.37. The third kappa shape index (κ3) is 2.72. The number of hydrogen-bond donors (Lipinski definition) is 2. The molecule has 1 aliphatic rings. The molecule has 1 aromatic rings. The van der Waals surface area contributed by atoms with E-state index in [9.17, 15) is 5.11 Å². The molecule has 0 spiro atoms. The van der Waals surface area contributed by atoms with E-state index in [2.05, 4.69) is 5.32 Å². The number of benzene rings is 1. The maximum absolute atomic E-state index is 10.1. The molecule has 1 saturated heterocycles. The van der Waals surface area contributed by atoms with Gasteiger partial charge in [-0.05, 0) is 56.8 Å². The third-order valence-corrected chi connectivity index (χ3v) is 3.65. The Bertz CT molecular complexity index is 384. The van der Waals surface area contributed by atoms with Crippen molar-refractivity contribution in [3.8, 4) is 11.5 Å². The summed E-state index contributed by atoms with van der Waals surface area (Å²) in [5.41, 5.74) is 1.90. The number of methoxy groups -OCH3 is 1. The maximum atomic E-state index is 10.1. The second kappa shape index (κ2) is 5.41. The van der Waals surface area contributed by atoms with Gasteiger partial charge in [-0.3, -0.25) is 0 Å². The van der Waals surface area contributed by atoms with E-state index in [1.54, 1.807) is 7.11 Å². The van der Waals surface area contributed by atoms with Gasteiger partial charge >= 0.3 is 0 Å². The highest BCUT2D eigenvalue weighted by molar-refractivity contribution is 5.48. The topological polar surface area (TPSA) is 41.5 Å². The van der Waals surface area contributed by atoms with Gasteiger partial charge in [0, 0.05) is 5.56 Å². The van der Waals surface area contributed by atoms with Crippen molar-refractivity contribution in [2.45, 2.75) is 26.2 Å². The highest BCUT2D eigenvalue weighted by Crippen LogP contribution is 2.32. The Kier molecular flexibility index (Phi) is 3.89. The molecule has 94 valence electrons. The van der Waals surface area contributed by atoms with Gasteiger partial charge in [-0.15, -0.1) is 0 Å². The molecule has 0 atom stereocenters. The zero-order valence-electron chi connectivity index (χ0n) is 10.6. The summed E-state index contributed by atoms with van der Waals surface area (Å²) in [5.74, 6) is 1.86. The van der Waals surface area contributed by atoms with Crippen LogP contribution in [0.1, 0.15) is 24.0 Å². The van der Waals surface area contributed by atoms with Gasteiger partial charge in [-0.2, -0.15) is 0 Å². The minimum Gasteiger partial charge on any atom is -0.507 e. The Hall–Kier alpha value is -1.22. The summed E-state index contributed by atoms with van der Waals surface area (Å²) >= 11 is 0. The van der Waals surface area contributed by atoms with Crippen molar-refractivity contribution in [1.82, 2.24) is 5.32 Å². The second-order valence-electron chi connectivity index (χ2n) is 4.80. The molecular weight excluding hydrogens is 214 g/mol. The zero-order valence-corrected chi connectivity index (χ0v) is 10.6. The molecule has 0 aromatic heterocycles. The number of piperidine rings is 1. The van der Waals surface area contributed by atoms with Crippen molar-refractivity contribution in [2.75, 3.05) is 20.2 Å². The third-order valence-electron chi connectivity index (χ3n) is 3.65. The van der Waals surface area contributed by atoms with Gasteiger partial charge in [0.05, 0.1) is 7.11 Å². The maximum Gasteiger partial charge on any atom is 0.125 e. The highest BCUT2D eigenvalue weighted by Gasteiger charge is 2.17. The Labute approximate surface area is 103 Å². The number of phenols is 1. The van der Waals surface area contributed by atoms with E-state index in [-0.39, 0.29) is 0 Å². The van der Waals surface area contributed by atoms with Gasteiger partial charge in [0.25, 0.3) is 0 Å². The first-order valence-electron chi connectivity index (χ1n) is 6.28. The van der Waals surface area contributed by atoms with Gasteiger partial charge in [0.15, 0.2) is 0 Å². The minimum absolute atomic E-state index is 0.405. The Morgan fingerprint density at radius 2 is 2.06 bits per heavy atom. The van der Waals surface area contributed by atoms with Crippen molar-refractivity contribution in [3.05, 3.63) is 23.3 Å². The molecule has 0 amide bonds. The molecule has 0 bridgehead atoms. The van der Waals surface area contributed by atoms with Crippen LogP contribution in [-0.2, 0) is 6.42 Å². The monoisotopic (exact) mass is 235 g/mol. The Morgan fingerprint density at radius 1 is 1.35 bits per heavy atom. The number of aromatic hydroxyl groups is 1. The number of rotatable bonds is 3. The fourth-order valence-electron chi connectivity index (χ4n) is 2.52. The van der Waals surface area contributed by atoms with E-state index in [0.717, 1.165) is 36.4 Å². The molecule has 2 N–H and O–H groups in total. The van der Waals surface area contributed by atoms with Crippen LogP contribution in [-0.4, -0.2) is 25.3 Å².